The highest BCUT2D eigenvalue weighted by Crippen LogP contribution is 2.59. The van der Waals surface area contributed by atoms with Gasteiger partial charge in [-0.1, -0.05) is 0 Å². The molecule has 4 aliphatic carbocycles. The van der Waals surface area contributed by atoms with Gasteiger partial charge in [-0.2, -0.15) is 4.98 Å². The Bertz CT molecular complexity index is 5610. The lowest BCUT2D eigenvalue weighted by Crippen LogP contribution is -2.46. The van der Waals surface area contributed by atoms with Gasteiger partial charge < -0.3 is 87.0 Å². The Kier molecular flexibility index (Phi) is 23.8. The molecule has 25 heterocycles. The van der Waals surface area contributed by atoms with Gasteiger partial charge in [0.2, 0.25) is 53.5 Å². The number of nitrogen functional groups attached to an aromatic ring is 5. The fraction of sp³-hybridized carbons (Fsp3) is 0.573. The average molecular weight is 1800 g/mol. The third-order valence-electron chi connectivity index (χ3n) is 30.5. The first kappa shape index (κ1) is 86.6. The summed E-state index contributed by atoms with van der Waals surface area (Å²) in [4.78, 5) is 105. The van der Waals surface area contributed by atoms with Crippen LogP contribution in [0.2, 0.25) is 0 Å². The van der Waals surface area contributed by atoms with Crippen molar-refractivity contribution in [2.45, 2.75) is 215 Å². The molecular weight excluding hydrogens is 1680 g/mol. The normalized spacial score (nSPS) is 27.9. The summed E-state index contributed by atoms with van der Waals surface area (Å²) in [6.07, 6.45) is 37.8. The van der Waals surface area contributed by atoms with Gasteiger partial charge in [0, 0.05) is 252 Å². The van der Waals surface area contributed by atoms with Crippen molar-refractivity contribution in [3.63, 3.8) is 0 Å². The maximum atomic E-state index is 10.1. The van der Waals surface area contributed by atoms with Gasteiger partial charge in [0.15, 0.2) is 0 Å². The SMILES string of the molecule is CC(C)(O)CN1C[C@@H]2C(c3cc(-c4cnc(N)nc4)nc(N4CC5CC4C5)n3)[C@@H]2C1.CC1CCCN1c1nc(-c2cnc(N)nc2)cc(C2CCOCC2)n1.CC1CCCN1c1nc(-c2cnc(N)nc2)cc(C2CCOCC2)n1.Nc1ncc(-c2cc(N3C4CCC3COC4)nc(N3CC4CC3C4)n2)cn1.Nc1ncc(-c2cc(N3C[C@@H]4C[C@H]3CO4)cc(N3CC4CC3C4)n2)cn1. The molecule has 19 aliphatic rings. The van der Waals surface area contributed by atoms with E-state index in [1.54, 1.807) is 62.0 Å². The van der Waals surface area contributed by atoms with Crippen molar-refractivity contribution >= 4 is 70.9 Å². The Morgan fingerprint density at radius 2 is 0.752 bits per heavy atom. The van der Waals surface area contributed by atoms with E-state index in [2.05, 4.69) is 139 Å². The van der Waals surface area contributed by atoms with E-state index in [4.69, 9.17) is 92.5 Å². The summed E-state index contributed by atoms with van der Waals surface area (Å²) in [6, 6.07) is 16.9. The van der Waals surface area contributed by atoms with E-state index in [1.165, 1.54) is 82.7 Å². The second-order valence-corrected chi connectivity index (χ2v) is 40.3. The van der Waals surface area contributed by atoms with Crippen LogP contribution in [0.5, 0.6) is 0 Å². The minimum absolute atomic E-state index is 0.274. The highest BCUT2D eigenvalue weighted by atomic mass is 16.5. The molecule has 9 atom stereocenters. The van der Waals surface area contributed by atoms with Gasteiger partial charge in [0.1, 0.15) is 11.6 Å². The summed E-state index contributed by atoms with van der Waals surface area (Å²) in [5.74, 6) is 11.9. The fourth-order valence-corrected chi connectivity index (χ4v) is 23.2. The monoisotopic (exact) mass is 1800 g/mol. The molecule has 5 unspecified atom stereocenters. The molecule has 10 bridgehead atoms. The number of anilines is 12. The molecule has 4 saturated carbocycles. The van der Waals surface area contributed by atoms with Crippen molar-refractivity contribution in [3.05, 3.63) is 115 Å². The first-order valence-corrected chi connectivity index (χ1v) is 48.4. The zero-order valence-electron chi connectivity index (χ0n) is 76.4. The Morgan fingerprint density at radius 1 is 0.361 bits per heavy atom. The van der Waals surface area contributed by atoms with Gasteiger partial charge >= 0.3 is 0 Å². The van der Waals surface area contributed by atoms with E-state index < -0.39 is 5.60 Å². The number of aromatic nitrogens is 19. The smallest absolute Gasteiger partial charge is 0.228 e. The number of fused-ring (bicyclic) bond motifs is 8. The number of likely N-dealkylation sites (tertiary alicyclic amines) is 1. The predicted octanol–water partition coefficient (Wildman–Crippen LogP) is 9.51. The zero-order valence-corrected chi connectivity index (χ0v) is 76.4. The van der Waals surface area contributed by atoms with Crippen LogP contribution in [0.25, 0.3) is 56.3 Å². The lowest BCUT2D eigenvalue weighted by molar-refractivity contribution is 0.0398. The minimum Gasteiger partial charge on any atom is -0.389 e. The number of pyridine rings is 1. The van der Waals surface area contributed by atoms with Gasteiger partial charge in [-0.25, -0.2) is 89.7 Å². The number of aliphatic hydroxyl groups is 1. The molecule has 37 heteroatoms. The van der Waals surface area contributed by atoms with E-state index in [-0.39, 0.29) is 23.8 Å². The Hall–Kier alpha value is -11.8. The number of piperidine rings is 1. The summed E-state index contributed by atoms with van der Waals surface area (Å²) in [6.45, 7) is 22.9. The number of hydrogen-bond acceptors (Lipinski definition) is 37. The van der Waals surface area contributed by atoms with Crippen LogP contribution in [-0.4, -0.2) is 270 Å². The van der Waals surface area contributed by atoms with Crippen molar-refractivity contribution in [2.75, 3.05) is 168 Å². The number of rotatable bonds is 17. The molecule has 10 aromatic heterocycles. The molecular formula is C96H122N32O5. The molecule has 10 aromatic rings. The molecule has 0 radical (unpaired) electrons. The van der Waals surface area contributed by atoms with Crippen molar-refractivity contribution < 1.29 is 24.1 Å². The molecule has 19 fully saturated rings. The van der Waals surface area contributed by atoms with Crippen molar-refractivity contribution in [2.24, 2.45) is 29.6 Å². The van der Waals surface area contributed by atoms with Crippen molar-refractivity contribution in [1.82, 2.24) is 99.6 Å². The van der Waals surface area contributed by atoms with Gasteiger partial charge in [-0.15, -0.1) is 0 Å². The van der Waals surface area contributed by atoms with Crippen LogP contribution in [0.4, 0.5) is 70.9 Å². The standard InChI is InChI=1S/C22H29N7O.C19H23N7O.C19H22N6O.2C18H24N6O/c1-22(2,30)11-28-9-15-16(10-28)19(15)18-5-17(13-6-24-20(23)25-7-13)26-21(27-18)29-8-12-3-14(29)4-12;20-18-21-6-12(7-22-18)16-5-17(26-13-1-2-14(26)10-27-9-13)24-19(23-16)25-8-11-3-15(25)4-11;20-19-21-6-12(7-22-19)17-4-14(24-9-16-3-15(24)10-26-16)5-18(23-17)25-8-11-1-13(25)2-11;2*1-12-3-2-6-24(12)18-22-15(13-4-7-25-8-5-13)9-16(23-18)14-10-20-17(19)21-11-14/h5-7,12,14-16,19,30H,3-4,8-11H2,1-2H3,(H2,23,24,25);5-7,11,13-15H,1-4,8-10H2,(H2,20,21,22);4-7,11,13,15-16H,1-3,8-10H2,(H2,20,21,22);2*9-13H,2-8H2,1H3,(H2,19,20,21)/t12?,14?,15-,16+,19?;;11?,13?,15-,16-;;/m..0../s1. The predicted molar refractivity (Wildman–Crippen MR) is 507 cm³/mol. The van der Waals surface area contributed by atoms with Gasteiger partial charge in [-0.05, 0) is 191 Å². The highest BCUT2D eigenvalue weighted by Gasteiger charge is 2.58. The Balaban J connectivity index is 0.0000000971. The number of ether oxygens (including phenoxy) is 4. The molecule has 133 heavy (non-hydrogen) atoms. The third kappa shape index (κ3) is 18.5. The quantitative estimate of drug-likeness (QED) is 0.0494. The van der Waals surface area contributed by atoms with E-state index in [0.29, 0.717) is 90.0 Å². The van der Waals surface area contributed by atoms with E-state index in [1.807, 2.05) is 13.8 Å². The summed E-state index contributed by atoms with van der Waals surface area (Å²) in [7, 11) is 0. The van der Waals surface area contributed by atoms with Crippen LogP contribution in [0.3, 0.4) is 0 Å². The number of nitrogens with two attached hydrogens (primary N) is 5. The summed E-state index contributed by atoms with van der Waals surface area (Å²) < 4.78 is 22.6. The van der Waals surface area contributed by atoms with Gasteiger partial charge in [0.25, 0.3) is 0 Å². The molecule has 0 amide bonds. The second-order valence-electron chi connectivity index (χ2n) is 40.3. The second kappa shape index (κ2) is 36.6. The Labute approximate surface area is 774 Å². The zero-order chi connectivity index (χ0) is 90.3. The number of β-amino-alcohol motifs (C(OH)–C–C–N with tert-alkyl or cyclic N) is 1. The van der Waals surface area contributed by atoms with Crippen LogP contribution >= 0.6 is 0 Å². The fourth-order valence-electron chi connectivity index (χ4n) is 23.2. The Morgan fingerprint density at radius 3 is 1.14 bits per heavy atom. The maximum Gasteiger partial charge on any atom is 0.228 e. The van der Waals surface area contributed by atoms with E-state index >= 15 is 0 Å². The number of hydrogen-bond donors (Lipinski definition) is 6. The summed E-state index contributed by atoms with van der Waals surface area (Å²) in [5, 5.41) is 10.1. The summed E-state index contributed by atoms with van der Waals surface area (Å²) in [5.41, 5.74) is 41.0. The van der Waals surface area contributed by atoms with E-state index in [9.17, 15) is 5.11 Å². The van der Waals surface area contributed by atoms with E-state index in [0.717, 1.165) is 264 Å². The topological polar surface area (TPSA) is 458 Å². The molecule has 0 spiro atoms. The summed E-state index contributed by atoms with van der Waals surface area (Å²) >= 11 is 0. The molecule has 15 saturated heterocycles. The van der Waals surface area contributed by atoms with Crippen LogP contribution in [0, 0.1) is 29.6 Å². The van der Waals surface area contributed by atoms with Crippen LogP contribution in [0.1, 0.15) is 172 Å². The van der Waals surface area contributed by atoms with Crippen LogP contribution < -0.4 is 63.0 Å². The lowest BCUT2D eigenvalue weighted by Gasteiger charge is -2.36. The highest BCUT2D eigenvalue weighted by molar-refractivity contribution is 5.71. The van der Waals surface area contributed by atoms with Gasteiger partial charge in [-0.3, -0.25) is 4.90 Å². The van der Waals surface area contributed by atoms with Crippen molar-refractivity contribution in [1.29, 1.82) is 0 Å². The number of morpholine rings is 2. The molecule has 0 aromatic carbocycles. The first-order valence-electron chi connectivity index (χ1n) is 48.4. The first-order chi connectivity index (χ1) is 64.7. The third-order valence-corrected chi connectivity index (χ3v) is 30.5. The average Bonchev–Trinajstić information content (AvgIpc) is 1.57. The lowest BCUT2D eigenvalue weighted by atomic mass is 9.86. The van der Waals surface area contributed by atoms with Crippen molar-refractivity contribution in [3.8, 4) is 56.3 Å². The molecule has 29 rings (SSSR count). The van der Waals surface area contributed by atoms with Crippen LogP contribution in [0.15, 0.2) is 98.4 Å². The molecule has 15 aliphatic heterocycles. The molecule has 11 N–H and O–H groups in total. The molecule has 696 valence electrons. The minimum atomic E-state index is -0.646. The maximum absolute atomic E-state index is 10.1. The van der Waals surface area contributed by atoms with Gasteiger partial charge in [0.05, 0.1) is 83.8 Å². The number of nitrogens with zero attached hydrogens (tertiary/aromatic N) is 27. The van der Waals surface area contributed by atoms with Crippen LogP contribution in [-0.2, 0) is 18.9 Å². The largest absolute Gasteiger partial charge is 0.389 e. The molecule has 37 nitrogen and oxygen atoms in total.